The van der Waals surface area contributed by atoms with E-state index in [0.717, 1.165) is 23.4 Å². The molecule has 126 valence electrons. The maximum atomic E-state index is 11.4. The fourth-order valence-corrected chi connectivity index (χ4v) is 3.00. The number of benzene rings is 1. The number of allylic oxidation sites excluding steroid dienone is 1. The number of fused-ring (bicyclic) bond motifs is 1. The van der Waals surface area contributed by atoms with Crippen LogP contribution in [0.5, 0.6) is 0 Å². The number of para-hydroxylation sites is 1. The predicted molar refractivity (Wildman–Crippen MR) is 93.9 cm³/mol. The van der Waals surface area contributed by atoms with Crippen molar-refractivity contribution < 1.29 is 9.90 Å². The molecular weight excluding hydrogens is 306 g/mol. The SMILES string of the molecule is CC(=NC1=C(C)NCN=C1N1c2ccccc2C[C@@H]1CO)C(N)=O. The molecule has 0 fully saturated rings. The summed E-state index contributed by atoms with van der Waals surface area (Å²) < 4.78 is 0. The summed E-state index contributed by atoms with van der Waals surface area (Å²) in [4.78, 5) is 22.3. The molecule has 0 saturated heterocycles. The fourth-order valence-electron chi connectivity index (χ4n) is 3.00. The largest absolute Gasteiger partial charge is 0.394 e. The van der Waals surface area contributed by atoms with Gasteiger partial charge in [-0.1, -0.05) is 18.2 Å². The van der Waals surface area contributed by atoms with Crippen molar-refractivity contribution in [3.05, 3.63) is 41.2 Å². The Morgan fingerprint density at radius 2 is 2.25 bits per heavy atom. The average Bonchev–Trinajstić information content (AvgIpc) is 2.95. The minimum absolute atomic E-state index is 0.00592. The van der Waals surface area contributed by atoms with Crippen LogP contribution in [0.4, 0.5) is 5.69 Å². The maximum absolute atomic E-state index is 11.4. The lowest BCUT2D eigenvalue weighted by Gasteiger charge is -2.30. The summed E-state index contributed by atoms with van der Waals surface area (Å²) in [6.45, 7) is 3.90. The summed E-state index contributed by atoms with van der Waals surface area (Å²) in [6, 6.07) is 7.90. The Morgan fingerprint density at radius 1 is 1.50 bits per heavy atom. The number of nitrogens with zero attached hydrogens (tertiary/aromatic N) is 3. The topological polar surface area (TPSA) is 103 Å². The first-order valence-corrected chi connectivity index (χ1v) is 7.85. The van der Waals surface area contributed by atoms with Gasteiger partial charge in [0, 0.05) is 11.4 Å². The zero-order valence-corrected chi connectivity index (χ0v) is 13.8. The Hall–Kier alpha value is -2.67. The van der Waals surface area contributed by atoms with Crippen LogP contribution in [0.2, 0.25) is 0 Å². The summed E-state index contributed by atoms with van der Waals surface area (Å²) in [7, 11) is 0. The molecule has 0 aromatic heterocycles. The molecule has 2 aliphatic heterocycles. The van der Waals surface area contributed by atoms with E-state index in [2.05, 4.69) is 15.3 Å². The molecule has 0 saturated carbocycles. The van der Waals surface area contributed by atoms with Crippen LogP contribution in [0, 0.1) is 0 Å². The molecule has 0 bridgehead atoms. The standard InChI is InChI=1S/C17H21N5O2/c1-10-15(21-11(2)16(18)24)17(20-9-19-10)22-13(8-23)7-12-5-3-4-6-14(12)22/h3-6,13,19,23H,7-9H2,1-2H3,(H2,18,24)/t13-/m1/s1. The van der Waals surface area contributed by atoms with Crippen LogP contribution in [-0.4, -0.2) is 41.9 Å². The summed E-state index contributed by atoms with van der Waals surface area (Å²) in [6.07, 6.45) is 0.740. The van der Waals surface area contributed by atoms with Crippen molar-refractivity contribution >= 4 is 23.1 Å². The lowest BCUT2D eigenvalue weighted by Crippen LogP contribution is -2.43. The number of nitrogens with one attached hydrogen (secondary N) is 1. The van der Waals surface area contributed by atoms with Gasteiger partial charge in [-0.2, -0.15) is 0 Å². The lowest BCUT2D eigenvalue weighted by atomic mass is 10.1. The van der Waals surface area contributed by atoms with E-state index in [1.54, 1.807) is 6.92 Å². The third-order valence-corrected chi connectivity index (χ3v) is 4.29. The highest BCUT2D eigenvalue weighted by atomic mass is 16.3. The second kappa shape index (κ2) is 6.45. The maximum Gasteiger partial charge on any atom is 0.262 e. The molecule has 3 rings (SSSR count). The first-order chi connectivity index (χ1) is 11.5. The predicted octanol–water partition coefficient (Wildman–Crippen LogP) is 0.547. The molecule has 2 aliphatic rings. The molecule has 2 heterocycles. The van der Waals surface area contributed by atoms with E-state index in [1.165, 1.54) is 0 Å². The van der Waals surface area contributed by atoms with Crippen molar-refractivity contribution in [1.82, 2.24) is 5.32 Å². The second-order valence-corrected chi connectivity index (χ2v) is 5.89. The minimum atomic E-state index is -0.569. The van der Waals surface area contributed by atoms with Crippen LogP contribution in [0.3, 0.4) is 0 Å². The van der Waals surface area contributed by atoms with Gasteiger partial charge in [-0.05, 0) is 31.9 Å². The molecule has 1 atom stereocenters. The molecule has 1 aromatic rings. The van der Waals surface area contributed by atoms with Gasteiger partial charge in [0.1, 0.15) is 18.1 Å². The zero-order chi connectivity index (χ0) is 17.3. The van der Waals surface area contributed by atoms with Gasteiger partial charge in [0.05, 0.1) is 12.6 Å². The van der Waals surface area contributed by atoms with Crippen molar-refractivity contribution in [1.29, 1.82) is 0 Å². The molecule has 24 heavy (non-hydrogen) atoms. The van der Waals surface area contributed by atoms with Gasteiger partial charge < -0.3 is 21.1 Å². The van der Waals surface area contributed by atoms with Crippen LogP contribution in [0.25, 0.3) is 0 Å². The fraction of sp³-hybridized carbons (Fsp3) is 0.353. The van der Waals surface area contributed by atoms with E-state index >= 15 is 0 Å². The number of nitrogens with two attached hydrogens (primary N) is 1. The van der Waals surface area contributed by atoms with Crippen LogP contribution in [0.15, 0.2) is 45.6 Å². The van der Waals surface area contributed by atoms with E-state index in [9.17, 15) is 9.90 Å². The van der Waals surface area contributed by atoms with Gasteiger partial charge in [0.15, 0.2) is 5.84 Å². The van der Waals surface area contributed by atoms with E-state index < -0.39 is 5.91 Å². The normalized spacial score (nSPS) is 20.6. The third-order valence-electron chi connectivity index (χ3n) is 4.29. The second-order valence-electron chi connectivity index (χ2n) is 5.89. The molecule has 0 aliphatic carbocycles. The quantitative estimate of drug-likeness (QED) is 0.705. The van der Waals surface area contributed by atoms with Gasteiger partial charge in [-0.3, -0.25) is 4.79 Å². The molecule has 4 N–H and O–H groups in total. The number of hydrogen-bond donors (Lipinski definition) is 3. The Labute approximate surface area is 140 Å². The summed E-state index contributed by atoms with van der Waals surface area (Å²) >= 11 is 0. The van der Waals surface area contributed by atoms with E-state index in [-0.39, 0.29) is 18.4 Å². The zero-order valence-electron chi connectivity index (χ0n) is 13.8. The molecular formula is C17H21N5O2. The number of primary amides is 1. The number of carbonyl (C=O) groups excluding carboxylic acids is 1. The Bertz CT molecular complexity index is 766. The average molecular weight is 327 g/mol. The van der Waals surface area contributed by atoms with Crippen LogP contribution in [-0.2, 0) is 11.2 Å². The Kier molecular flexibility index (Phi) is 4.35. The van der Waals surface area contributed by atoms with Crippen molar-refractivity contribution in [2.75, 3.05) is 18.2 Å². The number of hydrogen-bond acceptors (Lipinski definition) is 6. The van der Waals surface area contributed by atoms with E-state index in [0.29, 0.717) is 18.2 Å². The molecule has 7 nitrogen and oxygen atoms in total. The van der Waals surface area contributed by atoms with Crippen LogP contribution < -0.4 is 16.0 Å². The number of aliphatic hydroxyl groups is 1. The Morgan fingerprint density at radius 3 is 2.96 bits per heavy atom. The van der Waals surface area contributed by atoms with Crippen molar-refractivity contribution in [2.24, 2.45) is 15.7 Å². The van der Waals surface area contributed by atoms with Gasteiger partial charge >= 0.3 is 0 Å². The first kappa shape index (κ1) is 16.2. The summed E-state index contributed by atoms with van der Waals surface area (Å²) in [5.74, 6) is 0.0802. The highest BCUT2D eigenvalue weighted by molar-refractivity contribution is 6.38. The number of anilines is 1. The molecule has 0 spiro atoms. The van der Waals surface area contributed by atoms with Crippen molar-refractivity contribution in [2.45, 2.75) is 26.3 Å². The third kappa shape index (κ3) is 2.78. The number of aliphatic hydroxyl groups excluding tert-OH is 1. The molecule has 0 unspecified atom stereocenters. The molecule has 0 radical (unpaired) electrons. The smallest absolute Gasteiger partial charge is 0.262 e. The van der Waals surface area contributed by atoms with Gasteiger partial charge in [-0.25, -0.2) is 9.98 Å². The molecule has 7 heteroatoms. The van der Waals surface area contributed by atoms with Crippen molar-refractivity contribution in [3.8, 4) is 0 Å². The minimum Gasteiger partial charge on any atom is -0.394 e. The number of aliphatic imine (C=N–C) groups is 2. The lowest BCUT2D eigenvalue weighted by molar-refractivity contribution is -0.112. The van der Waals surface area contributed by atoms with Crippen molar-refractivity contribution in [3.63, 3.8) is 0 Å². The monoisotopic (exact) mass is 327 g/mol. The number of amidine groups is 1. The molecule has 1 aromatic carbocycles. The van der Waals surface area contributed by atoms with E-state index in [4.69, 9.17) is 5.73 Å². The molecule has 1 amide bonds. The van der Waals surface area contributed by atoms with E-state index in [1.807, 2.05) is 36.1 Å². The number of rotatable bonds is 3. The first-order valence-electron chi connectivity index (χ1n) is 7.85. The number of amides is 1. The van der Waals surface area contributed by atoms with Crippen LogP contribution in [0.1, 0.15) is 19.4 Å². The summed E-state index contributed by atoms with van der Waals surface area (Å²) in [5, 5.41) is 13.0. The van der Waals surface area contributed by atoms with Crippen LogP contribution >= 0.6 is 0 Å². The Balaban J connectivity index is 2.08. The highest BCUT2D eigenvalue weighted by Gasteiger charge is 2.34. The van der Waals surface area contributed by atoms with Gasteiger partial charge in [0.25, 0.3) is 5.91 Å². The number of carbonyl (C=O) groups is 1. The van der Waals surface area contributed by atoms with Gasteiger partial charge in [0.2, 0.25) is 0 Å². The summed E-state index contributed by atoms with van der Waals surface area (Å²) in [5.41, 5.74) is 9.10. The highest BCUT2D eigenvalue weighted by Crippen LogP contribution is 2.34. The van der Waals surface area contributed by atoms with Gasteiger partial charge in [-0.15, -0.1) is 0 Å².